The van der Waals surface area contributed by atoms with Gasteiger partial charge >= 0.3 is 0 Å². The van der Waals surface area contributed by atoms with Gasteiger partial charge in [-0.25, -0.2) is 0 Å². The summed E-state index contributed by atoms with van der Waals surface area (Å²) in [5.74, 6) is 3.20. The van der Waals surface area contributed by atoms with Crippen LogP contribution in [0.3, 0.4) is 0 Å². The third-order valence-electron chi connectivity index (χ3n) is 3.40. The number of benzene rings is 1. The predicted octanol–water partition coefficient (Wildman–Crippen LogP) is 4.22. The summed E-state index contributed by atoms with van der Waals surface area (Å²) in [7, 11) is 0. The molecule has 0 atom stereocenters. The monoisotopic (exact) mass is 344 g/mol. The van der Waals surface area contributed by atoms with Crippen LogP contribution in [0.15, 0.2) is 16.6 Å². The lowest BCUT2D eigenvalue weighted by Gasteiger charge is -2.22. The Hall–Kier alpha value is -0.750. The lowest BCUT2D eigenvalue weighted by Crippen LogP contribution is -2.19. The first kappa shape index (κ1) is 14.7. The molecule has 0 amide bonds. The molecule has 1 saturated heterocycles. The van der Waals surface area contributed by atoms with Crippen LogP contribution in [0, 0.1) is 23.0 Å². The van der Waals surface area contributed by atoms with Crippen molar-refractivity contribution in [1.82, 2.24) is 0 Å². The quantitative estimate of drug-likeness (QED) is 0.656. The average Bonchev–Trinajstić information content (AvgIpc) is 2.40. The minimum atomic E-state index is -0.345. The molecule has 1 heterocycles. The second-order valence-electron chi connectivity index (χ2n) is 4.81. The van der Waals surface area contributed by atoms with E-state index >= 15 is 0 Å². The third-order valence-corrected chi connectivity index (χ3v) is 5.11. The van der Waals surface area contributed by atoms with E-state index < -0.39 is 0 Å². The van der Waals surface area contributed by atoms with Crippen LogP contribution in [-0.4, -0.2) is 23.0 Å². The van der Waals surface area contributed by atoms with Crippen LogP contribution >= 0.6 is 27.7 Å². The minimum Gasteiger partial charge on any atom is -0.384 e. The lowest BCUT2D eigenvalue weighted by atomic mass is 10.0. The number of nitro groups is 1. The van der Waals surface area contributed by atoms with Gasteiger partial charge in [-0.2, -0.15) is 11.8 Å². The Morgan fingerprint density at radius 3 is 2.79 bits per heavy atom. The van der Waals surface area contributed by atoms with E-state index in [1.807, 2.05) is 17.8 Å². The van der Waals surface area contributed by atoms with E-state index in [0.717, 1.165) is 16.7 Å². The fourth-order valence-electron chi connectivity index (χ4n) is 2.21. The van der Waals surface area contributed by atoms with Gasteiger partial charge in [-0.3, -0.25) is 10.1 Å². The Balaban J connectivity index is 2.04. The van der Waals surface area contributed by atoms with Crippen molar-refractivity contribution in [3.8, 4) is 0 Å². The van der Waals surface area contributed by atoms with Crippen molar-refractivity contribution >= 4 is 39.1 Å². The molecule has 6 heteroatoms. The van der Waals surface area contributed by atoms with Crippen molar-refractivity contribution in [3.05, 3.63) is 32.3 Å². The molecular formula is C13H17BrN2O2S. The van der Waals surface area contributed by atoms with Crippen LogP contribution in [0.2, 0.25) is 0 Å². The Bertz CT molecular complexity index is 476. The highest BCUT2D eigenvalue weighted by molar-refractivity contribution is 9.10. The molecule has 1 aliphatic heterocycles. The molecule has 0 unspecified atom stereocenters. The fourth-order valence-corrected chi connectivity index (χ4v) is 3.88. The minimum absolute atomic E-state index is 0.159. The van der Waals surface area contributed by atoms with E-state index in [-0.39, 0.29) is 10.6 Å². The van der Waals surface area contributed by atoms with Crippen molar-refractivity contribution in [2.24, 2.45) is 5.92 Å². The standard InChI is InChI=1S/C13H17BrN2O2S/c1-9-6-12(11(14)7-13(9)16(17)18)15-8-10-2-4-19-5-3-10/h6-7,10,15H,2-5,8H2,1H3. The second-order valence-corrected chi connectivity index (χ2v) is 6.89. The summed E-state index contributed by atoms with van der Waals surface area (Å²) in [5, 5.41) is 14.3. The highest BCUT2D eigenvalue weighted by Crippen LogP contribution is 2.31. The van der Waals surface area contributed by atoms with Gasteiger partial charge in [-0.1, -0.05) is 0 Å². The van der Waals surface area contributed by atoms with Crippen LogP contribution < -0.4 is 5.32 Å². The van der Waals surface area contributed by atoms with E-state index in [2.05, 4.69) is 21.2 Å². The smallest absolute Gasteiger partial charge is 0.273 e. The first-order valence-corrected chi connectivity index (χ1v) is 8.29. The predicted molar refractivity (Wildman–Crippen MR) is 84.1 cm³/mol. The summed E-state index contributed by atoms with van der Waals surface area (Å²) in [5.41, 5.74) is 1.79. The molecular weight excluding hydrogens is 328 g/mol. The largest absolute Gasteiger partial charge is 0.384 e. The summed E-state index contributed by atoms with van der Waals surface area (Å²) < 4.78 is 0.759. The number of hydrogen-bond acceptors (Lipinski definition) is 4. The summed E-state index contributed by atoms with van der Waals surface area (Å²) >= 11 is 5.42. The van der Waals surface area contributed by atoms with Gasteiger partial charge in [0.25, 0.3) is 5.69 Å². The van der Waals surface area contributed by atoms with Gasteiger partial charge in [0, 0.05) is 28.3 Å². The normalized spacial score (nSPS) is 16.3. The summed E-state index contributed by atoms with van der Waals surface area (Å²) in [6.07, 6.45) is 2.50. The molecule has 104 valence electrons. The van der Waals surface area contributed by atoms with E-state index in [1.54, 1.807) is 13.0 Å². The first-order valence-electron chi connectivity index (χ1n) is 6.34. The highest BCUT2D eigenvalue weighted by atomic mass is 79.9. The fraction of sp³-hybridized carbons (Fsp3) is 0.538. The number of halogens is 1. The van der Waals surface area contributed by atoms with Gasteiger partial charge in [0.15, 0.2) is 0 Å². The van der Waals surface area contributed by atoms with Crippen molar-refractivity contribution in [3.63, 3.8) is 0 Å². The van der Waals surface area contributed by atoms with Crippen molar-refractivity contribution < 1.29 is 4.92 Å². The molecule has 0 radical (unpaired) electrons. The van der Waals surface area contributed by atoms with Crippen LogP contribution in [0.5, 0.6) is 0 Å². The molecule has 1 aliphatic rings. The third kappa shape index (κ3) is 3.86. The molecule has 1 aromatic carbocycles. The molecule has 4 nitrogen and oxygen atoms in total. The topological polar surface area (TPSA) is 55.2 Å². The van der Waals surface area contributed by atoms with E-state index in [9.17, 15) is 10.1 Å². The highest BCUT2D eigenvalue weighted by Gasteiger charge is 2.16. The number of nitrogens with zero attached hydrogens (tertiary/aromatic N) is 1. The molecule has 0 saturated carbocycles. The van der Waals surface area contributed by atoms with Gasteiger partial charge in [0.05, 0.1) is 4.92 Å². The molecule has 0 aromatic heterocycles. The van der Waals surface area contributed by atoms with Crippen molar-refractivity contribution in [1.29, 1.82) is 0 Å². The van der Waals surface area contributed by atoms with Crippen molar-refractivity contribution in [2.75, 3.05) is 23.4 Å². The zero-order valence-electron chi connectivity index (χ0n) is 10.8. The Morgan fingerprint density at radius 2 is 2.16 bits per heavy atom. The number of rotatable bonds is 4. The summed E-state index contributed by atoms with van der Waals surface area (Å²) in [4.78, 5) is 10.5. The number of aryl methyl sites for hydroxylation is 1. The maximum atomic E-state index is 10.9. The number of anilines is 1. The summed E-state index contributed by atoms with van der Waals surface area (Å²) in [6, 6.07) is 3.42. The molecule has 0 spiro atoms. The van der Waals surface area contributed by atoms with Gasteiger partial charge in [0.2, 0.25) is 0 Å². The Morgan fingerprint density at radius 1 is 1.47 bits per heavy atom. The maximum absolute atomic E-state index is 10.9. The molecule has 0 aliphatic carbocycles. The summed E-state index contributed by atoms with van der Waals surface area (Å²) in [6.45, 7) is 2.71. The maximum Gasteiger partial charge on any atom is 0.273 e. The van der Waals surface area contributed by atoms with Crippen LogP contribution in [0.25, 0.3) is 0 Å². The molecule has 1 aromatic rings. The number of nitro benzene ring substituents is 1. The SMILES string of the molecule is Cc1cc(NCC2CCSCC2)c(Br)cc1[N+](=O)[O-]. The number of nitrogens with one attached hydrogen (secondary N) is 1. The van der Waals surface area contributed by atoms with Crippen LogP contribution in [0.1, 0.15) is 18.4 Å². The molecule has 1 N–H and O–H groups in total. The van der Waals surface area contributed by atoms with E-state index in [4.69, 9.17) is 0 Å². The molecule has 1 fully saturated rings. The second kappa shape index (κ2) is 6.61. The lowest BCUT2D eigenvalue weighted by molar-refractivity contribution is -0.385. The Labute approximate surface area is 125 Å². The molecule has 19 heavy (non-hydrogen) atoms. The van der Waals surface area contributed by atoms with Crippen LogP contribution in [-0.2, 0) is 0 Å². The number of thioether (sulfide) groups is 1. The molecule has 0 bridgehead atoms. The van der Waals surface area contributed by atoms with Gasteiger partial charge in [0.1, 0.15) is 0 Å². The van der Waals surface area contributed by atoms with Crippen LogP contribution in [0.4, 0.5) is 11.4 Å². The molecule has 2 rings (SSSR count). The first-order chi connectivity index (χ1) is 9.08. The van der Waals surface area contributed by atoms with Gasteiger partial charge in [-0.05, 0) is 59.2 Å². The van der Waals surface area contributed by atoms with E-state index in [1.165, 1.54) is 24.3 Å². The average molecular weight is 345 g/mol. The van der Waals surface area contributed by atoms with Gasteiger partial charge in [-0.15, -0.1) is 0 Å². The Kier molecular flexibility index (Phi) is 5.10. The zero-order valence-corrected chi connectivity index (χ0v) is 13.2. The van der Waals surface area contributed by atoms with E-state index in [0.29, 0.717) is 11.5 Å². The zero-order chi connectivity index (χ0) is 13.8. The van der Waals surface area contributed by atoms with Gasteiger partial charge < -0.3 is 5.32 Å². The van der Waals surface area contributed by atoms with Crippen molar-refractivity contribution in [2.45, 2.75) is 19.8 Å². The number of hydrogen-bond donors (Lipinski definition) is 1.